The van der Waals surface area contributed by atoms with E-state index in [1.165, 1.54) is 16.1 Å². The number of para-hydroxylation sites is 1. The largest absolute Gasteiger partial charge is 0.416 e. The van der Waals surface area contributed by atoms with E-state index in [0.717, 1.165) is 34.3 Å². The number of halogens is 3. The fourth-order valence-electron chi connectivity index (χ4n) is 4.95. The van der Waals surface area contributed by atoms with Crippen molar-refractivity contribution in [2.45, 2.75) is 30.6 Å². The summed E-state index contributed by atoms with van der Waals surface area (Å²) in [5.74, 6) is 0.394. The van der Waals surface area contributed by atoms with E-state index in [4.69, 9.17) is 0 Å². The lowest BCUT2D eigenvalue weighted by atomic mass is 10.1. The molecule has 0 bridgehead atoms. The van der Waals surface area contributed by atoms with Crippen molar-refractivity contribution in [3.05, 3.63) is 114 Å². The Hall–Kier alpha value is -4.02. The van der Waals surface area contributed by atoms with E-state index in [9.17, 15) is 21.6 Å². The first-order valence-electron chi connectivity index (χ1n) is 12.3. The summed E-state index contributed by atoms with van der Waals surface area (Å²) >= 11 is 0. The Bertz CT molecular complexity index is 1770. The van der Waals surface area contributed by atoms with E-state index in [1.54, 1.807) is 48.8 Å². The summed E-state index contributed by atoms with van der Waals surface area (Å²) in [6.45, 7) is 1.81. The summed E-state index contributed by atoms with van der Waals surface area (Å²) in [4.78, 5) is 11.5. The minimum absolute atomic E-state index is 0.227. The van der Waals surface area contributed by atoms with Gasteiger partial charge in [0.15, 0.2) is 5.82 Å². The van der Waals surface area contributed by atoms with Gasteiger partial charge in [0, 0.05) is 55.0 Å². The fourth-order valence-corrected chi connectivity index (χ4v) is 6.36. The van der Waals surface area contributed by atoms with Crippen molar-refractivity contribution in [3.63, 3.8) is 0 Å². The van der Waals surface area contributed by atoms with Crippen LogP contribution in [0.3, 0.4) is 0 Å². The maximum Gasteiger partial charge on any atom is 0.416 e. The molecular formula is C29H23F3N4O2S. The van der Waals surface area contributed by atoms with Crippen LogP contribution in [-0.4, -0.2) is 33.8 Å². The summed E-state index contributed by atoms with van der Waals surface area (Å²) in [6.07, 6.45) is -0.319. The van der Waals surface area contributed by atoms with Crippen LogP contribution < -0.4 is 0 Å². The molecule has 0 aliphatic carbocycles. The van der Waals surface area contributed by atoms with Crippen LogP contribution in [0.5, 0.6) is 0 Å². The highest BCUT2D eigenvalue weighted by Crippen LogP contribution is 2.31. The first-order chi connectivity index (χ1) is 18.7. The second-order valence-corrected chi connectivity index (χ2v) is 11.3. The number of aromatic nitrogens is 3. The molecule has 0 saturated carbocycles. The van der Waals surface area contributed by atoms with Gasteiger partial charge < -0.3 is 0 Å². The van der Waals surface area contributed by atoms with Crippen molar-refractivity contribution in [2.75, 3.05) is 6.54 Å². The van der Waals surface area contributed by atoms with Crippen LogP contribution in [0.25, 0.3) is 22.3 Å². The van der Waals surface area contributed by atoms with Crippen LogP contribution in [0.1, 0.15) is 22.4 Å². The van der Waals surface area contributed by atoms with Gasteiger partial charge in [0.1, 0.15) is 0 Å². The van der Waals surface area contributed by atoms with E-state index in [-0.39, 0.29) is 4.90 Å². The van der Waals surface area contributed by atoms with Gasteiger partial charge in [-0.25, -0.2) is 22.4 Å². The standard InChI is InChI=1S/C29H23F3N4O2S/c30-29(31,32)23-12-10-20(11-13-23)28-33-16-21-17-35(15-14-26(21)34-28)18-22-19-36(27-9-5-4-8-25(22)27)39(37,38)24-6-2-1-3-7-24/h1-13,16,19H,14-15,17-18H2. The number of benzene rings is 3. The van der Waals surface area contributed by atoms with Gasteiger partial charge in [-0.15, -0.1) is 0 Å². The Kier molecular flexibility index (Phi) is 6.23. The summed E-state index contributed by atoms with van der Waals surface area (Å²) in [5, 5.41) is 0.872. The molecule has 3 heterocycles. The molecular weight excluding hydrogens is 525 g/mol. The van der Waals surface area contributed by atoms with Gasteiger partial charge in [-0.2, -0.15) is 13.2 Å². The lowest BCUT2D eigenvalue weighted by Gasteiger charge is -2.28. The van der Waals surface area contributed by atoms with Crippen molar-refractivity contribution >= 4 is 20.9 Å². The van der Waals surface area contributed by atoms with Crippen LogP contribution in [0.4, 0.5) is 13.2 Å². The third-order valence-electron chi connectivity index (χ3n) is 6.94. The summed E-state index contributed by atoms with van der Waals surface area (Å²) in [5.41, 5.74) is 3.15. The molecule has 10 heteroatoms. The van der Waals surface area contributed by atoms with Gasteiger partial charge in [-0.3, -0.25) is 4.90 Å². The lowest BCUT2D eigenvalue weighted by Crippen LogP contribution is -2.31. The summed E-state index contributed by atoms with van der Waals surface area (Å²) in [6, 6.07) is 20.7. The number of alkyl halides is 3. The predicted molar refractivity (Wildman–Crippen MR) is 141 cm³/mol. The highest BCUT2D eigenvalue weighted by Gasteiger charge is 2.30. The minimum atomic E-state index is -4.39. The number of rotatable bonds is 5. The quantitative estimate of drug-likeness (QED) is 0.273. The smallest absolute Gasteiger partial charge is 0.294 e. The zero-order valence-corrected chi connectivity index (χ0v) is 21.5. The summed E-state index contributed by atoms with van der Waals surface area (Å²) < 4.78 is 66.9. The van der Waals surface area contributed by atoms with E-state index in [0.29, 0.717) is 43.0 Å². The average Bonchev–Trinajstić information content (AvgIpc) is 3.32. The zero-order chi connectivity index (χ0) is 27.2. The van der Waals surface area contributed by atoms with Crippen molar-refractivity contribution in [1.82, 2.24) is 18.8 Å². The average molecular weight is 549 g/mol. The topological polar surface area (TPSA) is 68.1 Å². The van der Waals surface area contributed by atoms with E-state index < -0.39 is 21.8 Å². The Labute approximate surface area is 223 Å². The SMILES string of the molecule is O=S(=O)(c1ccccc1)n1cc(CN2CCc3nc(-c4ccc(C(F)(F)F)cc4)ncc3C2)c2ccccc21. The normalized spacial score (nSPS) is 14.4. The molecule has 198 valence electrons. The first-order valence-corrected chi connectivity index (χ1v) is 13.8. The van der Waals surface area contributed by atoms with E-state index in [2.05, 4.69) is 14.9 Å². The van der Waals surface area contributed by atoms with Gasteiger partial charge in [0.2, 0.25) is 0 Å². The molecule has 1 aliphatic rings. The molecule has 6 nitrogen and oxygen atoms in total. The maximum absolute atomic E-state index is 13.4. The molecule has 0 amide bonds. The number of nitrogens with zero attached hydrogens (tertiary/aromatic N) is 4. The van der Waals surface area contributed by atoms with Crippen molar-refractivity contribution in [3.8, 4) is 11.4 Å². The molecule has 2 aromatic heterocycles. The molecule has 1 aliphatic heterocycles. The van der Waals surface area contributed by atoms with Crippen LogP contribution in [0.2, 0.25) is 0 Å². The molecule has 39 heavy (non-hydrogen) atoms. The van der Waals surface area contributed by atoms with Crippen LogP contribution in [0, 0.1) is 0 Å². The monoisotopic (exact) mass is 548 g/mol. The van der Waals surface area contributed by atoms with Gasteiger partial charge in [-0.05, 0) is 35.9 Å². The number of hydrogen-bond acceptors (Lipinski definition) is 5. The van der Waals surface area contributed by atoms with E-state index in [1.807, 2.05) is 18.2 Å². The maximum atomic E-state index is 13.4. The summed E-state index contributed by atoms with van der Waals surface area (Å²) in [7, 11) is -3.76. The Morgan fingerprint density at radius 1 is 0.897 bits per heavy atom. The molecule has 5 aromatic rings. The van der Waals surface area contributed by atoms with Crippen LogP contribution >= 0.6 is 0 Å². The van der Waals surface area contributed by atoms with Gasteiger partial charge in [0.25, 0.3) is 10.0 Å². The molecule has 3 aromatic carbocycles. The van der Waals surface area contributed by atoms with Gasteiger partial charge >= 0.3 is 6.18 Å². The molecule has 0 spiro atoms. The number of hydrogen-bond donors (Lipinski definition) is 0. The fraction of sp³-hybridized carbons (Fsp3) is 0.172. The van der Waals surface area contributed by atoms with Crippen molar-refractivity contribution in [2.24, 2.45) is 0 Å². The third-order valence-corrected chi connectivity index (χ3v) is 8.63. The molecule has 0 saturated heterocycles. The highest BCUT2D eigenvalue weighted by atomic mass is 32.2. The second-order valence-electron chi connectivity index (χ2n) is 9.49. The molecule has 0 fully saturated rings. The Morgan fingerprint density at radius 2 is 1.62 bits per heavy atom. The number of fused-ring (bicyclic) bond motifs is 2. The first kappa shape index (κ1) is 25.3. The van der Waals surface area contributed by atoms with Crippen LogP contribution in [-0.2, 0) is 35.7 Å². The molecule has 6 rings (SSSR count). The lowest BCUT2D eigenvalue weighted by molar-refractivity contribution is -0.137. The predicted octanol–water partition coefficient (Wildman–Crippen LogP) is 5.91. The zero-order valence-electron chi connectivity index (χ0n) is 20.6. The minimum Gasteiger partial charge on any atom is -0.294 e. The molecule has 0 N–H and O–H groups in total. The van der Waals surface area contributed by atoms with Crippen molar-refractivity contribution < 1.29 is 21.6 Å². The Balaban J connectivity index is 1.25. The molecule has 0 radical (unpaired) electrons. The molecule has 0 atom stereocenters. The van der Waals surface area contributed by atoms with Gasteiger partial charge in [-0.1, -0.05) is 48.5 Å². The second kappa shape index (κ2) is 9.62. The van der Waals surface area contributed by atoms with Gasteiger partial charge in [0.05, 0.1) is 21.7 Å². The molecule has 0 unspecified atom stereocenters. The third kappa shape index (κ3) is 4.81. The Morgan fingerprint density at radius 3 is 2.36 bits per heavy atom. The van der Waals surface area contributed by atoms with E-state index >= 15 is 0 Å². The van der Waals surface area contributed by atoms with Crippen molar-refractivity contribution in [1.29, 1.82) is 0 Å². The highest BCUT2D eigenvalue weighted by molar-refractivity contribution is 7.90. The van der Waals surface area contributed by atoms with Crippen LogP contribution in [0.15, 0.2) is 96.2 Å².